The second-order valence-electron chi connectivity index (χ2n) is 4.43. The van der Waals surface area contributed by atoms with Gasteiger partial charge in [-0.2, -0.15) is 0 Å². The van der Waals surface area contributed by atoms with E-state index in [9.17, 15) is 4.79 Å². The van der Waals surface area contributed by atoms with Gasteiger partial charge in [-0.1, -0.05) is 0 Å². The van der Waals surface area contributed by atoms with Crippen molar-refractivity contribution in [3.05, 3.63) is 52.2 Å². The maximum Gasteiger partial charge on any atom is 0.270 e. The maximum absolute atomic E-state index is 12.2. The number of hydrogen-bond donors (Lipinski definition) is 0. The summed E-state index contributed by atoms with van der Waals surface area (Å²) in [6.45, 7) is 2.33. The van der Waals surface area contributed by atoms with Crippen molar-refractivity contribution in [3.8, 4) is 5.75 Å². The van der Waals surface area contributed by atoms with Crippen LogP contribution in [-0.2, 0) is 6.54 Å². The lowest BCUT2D eigenvalue weighted by atomic mass is 10.3. The van der Waals surface area contributed by atoms with Crippen molar-refractivity contribution in [1.82, 2.24) is 13.9 Å². The summed E-state index contributed by atoms with van der Waals surface area (Å²) in [5.74, 6) is 0.750. The molecule has 3 heterocycles. The Morgan fingerprint density at radius 2 is 2.25 bits per heavy atom. The van der Waals surface area contributed by atoms with Crippen LogP contribution < -0.4 is 10.3 Å². The zero-order chi connectivity index (χ0) is 14.1. The summed E-state index contributed by atoms with van der Waals surface area (Å²) in [6, 6.07) is 7.27. The van der Waals surface area contributed by atoms with Crippen molar-refractivity contribution >= 4 is 21.7 Å². The minimum Gasteiger partial charge on any atom is -0.497 e. The van der Waals surface area contributed by atoms with Crippen LogP contribution in [0.1, 0.15) is 11.4 Å². The lowest BCUT2D eigenvalue weighted by Crippen LogP contribution is -2.14. The molecule has 6 heteroatoms. The molecule has 0 saturated heterocycles. The highest BCUT2D eigenvalue weighted by Crippen LogP contribution is 2.17. The molecule has 3 aromatic heterocycles. The van der Waals surface area contributed by atoms with E-state index in [4.69, 9.17) is 4.74 Å². The Hall–Kier alpha value is -2.21. The average molecular weight is 287 g/mol. The summed E-state index contributed by atoms with van der Waals surface area (Å²) in [6.07, 6.45) is 1.69. The molecule has 0 spiro atoms. The molecule has 3 aromatic rings. The standard InChI is InChI=1S/C14H13N3O2S/c1-9-6-11(19-2)7-10(16-9)8-17-14(18)12-4-3-5-15-13(12)20-17/h3-7H,8H2,1-2H3. The second kappa shape index (κ2) is 5.05. The Balaban J connectivity index is 2.03. The van der Waals surface area contributed by atoms with Gasteiger partial charge in [0.25, 0.3) is 5.56 Å². The molecule has 0 N–H and O–H groups in total. The number of aromatic nitrogens is 3. The predicted molar refractivity (Wildman–Crippen MR) is 78.5 cm³/mol. The van der Waals surface area contributed by atoms with Gasteiger partial charge in [0, 0.05) is 24.0 Å². The van der Waals surface area contributed by atoms with Gasteiger partial charge in [-0.05, 0) is 30.6 Å². The Bertz CT molecular complexity index is 823. The SMILES string of the molecule is COc1cc(C)nc(Cn2sc3ncccc3c2=O)c1. The molecule has 0 aliphatic carbocycles. The van der Waals surface area contributed by atoms with Crippen LogP contribution in [-0.4, -0.2) is 21.0 Å². The topological polar surface area (TPSA) is 57.0 Å². The first-order valence-corrected chi connectivity index (χ1v) is 6.91. The summed E-state index contributed by atoms with van der Waals surface area (Å²) in [5, 5.41) is 0.650. The maximum atomic E-state index is 12.2. The number of hydrogen-bond acceptors (Lipinski definition) is 5. The molecular formula is C14H13N3O2S. The van der Waals surface area contributed by atoms with Gasteiger partial charge in [0.2, 0.25) is 0 Å². The molecule has 5 nitrogen and oxygen atoms in total. The Labute approximate surface area is 119 Å². The van der Waals surface area contributed by atoms with Crippen LogP contribution in [0.5, 0.6) is 5.75 Å². The Kier molecular flexibility index (Phi) is 3.23. The molecule has 0 saturated carbocycles. The minimum absolute atomic E-state index is 0.0274. The first-order valence-electron chi connectivity index (χ1n) is 6.14. The first kappa shape index (κ1) is 12.8. The molecule has 0 bridgehead atoms. The average Bonchev–Trinajstić information content (AvgIpc) is 2.75. The van der Waals surface area contributed by atoms with Crippen LogP contribution in [0.25, 0.3) is 10.2 Å². The molecule has 0 unspecified atom stereocenters. The second-order valence-corrected chi connectivity index (χ2v) is 5.44. The van der Waals surface area contributed by atoms with E-state index in [0.29, 0.717) is 11.9 Å². The molecular weight excluding hydrogens is 274 g/mol. The number of rotatable bonds is 3. The van der Waals surface area contributed by atoms with Gasteiger partial charge in [0.05, 0.1) is 24.7 Å². The van der Waals surface area contributed by atoms with E-state index in [1.165, 1.54) is 11.5 Å². The predicted octanol–water partition coefficient (Wildman–Crippen LogP) is 2.22. The molecule has 0 amide bonds. The Morgan fingerprint density at radius 1 is 1.40 bits per heavy atom. The highest BCUT2D eigenvalue weighted by molar-refractivity contribution is 7.13. The van der Waals surface area contributed by atoms with Crippen LogP contribution in [0.15, 0.2) is 35.3 Å². The molecule has 0 aromatic carbocycles. The van der Waals surface area contributed by atoms with Gasteiger partial charge in [0.15, 0.2) is 0 Å². The van der Waals surface area contributed by atoms with Gasteiger partial charge in [0.1, 0.15) is 10.6 Å². The van der Waals surface area contributed by atoms with Gasteiger partial charge in [-0.25, -0.2) is 4.98 Å². The van der Waals surface area contributed by atoms with Crippen molar-refractivity contribution in [2.24, 2.45) is 0 Å². The van der Waals surface area contributed by atoms with Crippen molar-refractivity contribution in [3.63, 3.8) is 0 Å². The normalized spacial score (nSPS) is 10.9. The van der Waals surface area contributed by atoms with Crippen LogP contribution >= 0.6 is 11.5 Å². The van der Waals surface area contributed by atoms with Gasteiger partial charge < -0.3 is 4.74 Å². The zero-order valence-electron chi connectivity index (χ0n) is 11.2. The van der Waals surface area contributed by atoms with E-state index in [1.54, 1.807) is 29.4 Å². The van der Waals surface area contributed by atoms with E-state index in [2.05, 4.69) is 9.97 Å². The molecule has 0 aliphatic heterocycles. The van der Waals surface area contributed by atoms with Crippen molar-refractivity contribution in [1.29, 1.82) is 0 Å². The fourth-order valence-corrected chi connectivity index (χ4v) is 3.01. The summed E-state index contributed by atoms with van der Waals surface area (Å²) >= 11 is 1.35. The third-order valence-corrected chi connectivity index (χ3v) is 3.96. The molecule has 102 valence electrons. The Morgan fingerprint density at radius 3 is 3.00 bits per heavy atom. The number of ether oxygens (including phenoxy) is 1. The molecule has 0 aliphatic rings. The highest BCUT2D eigenvalue weighted by Gasteiger charge is 2.09. The summed E-state index contributed by atoms with van der Waals surface area (Å²) in [4.78, 5) is 21.6. The van der Waals surface area contributed by atoms with Crippen LogP contribution in [0.4, 0.5) is 0 Å². The van der Waals surface area contributed by atoms with Crippen molar-refractivity contribution in [2.75, 3.05) is 7.11 Å². The molecule has 0 radical (unpaired) electrons. The largest absolute Gasteiger partial charge is 0.497 e. The number of fused-ring (bicyclic) bond motifs is 1. The summed E-state index contributed by atoms with van der Waals surface area (Å²) in [7, 11) is 1.62. The number of pyridine rings is 2. The molecule has 0 fully saturated rings. The highest BCUT2D eigenvalue weighted by atomic mass is 32.1. The number of nitrogens with zero attached hydrogens (tertiary/aromatic N) is 3. The third-order valence-electron chi connectivity index (χ3n) is 2.95. The van der Waals surface area contributed by atoms with Gasteiger partial charge in [-0.3, -0.25) is 13.7 Å². The third kappa shape index (κ3) is 2.30. The van der Waals surface area contributed by atoms with Crippen molar-refractivity contribution in [2.45, 2.75) is 13.5 Å². The number of aryl methyl sites for hydroxylation is 1. The smallest absolute Gasteiger partial charge is 0.270 e. The van der Waals surface area contributed by atoms with Crippen molar-refractivity contribution < 1.29 is 4.74 Å². The van der Waals surface area contributed by atoms with Crippen LogP contribution in [0, 0.1) is 6.92 Å². The minimum atomic E-state index is -0.0274. The van der Waals surface area contributed by atoms with E-state index in [1.807, 2.05) is 19.1 Å². The van der Waals surface area contributed by atoms with E-state index >= 15 is 0 Å². The quantitative estimate of drug-likeness (QED) is 0.741. The zero-order valence-corrected chi connectivity index (χ0v) is 12.0. The number of methoxy groups -OCH3 is 1. The molecule has 0 atom stereocenters. The lowest BCUT2D eigenvalue weighted by molar-refractivity contribution is 0.413. The van der Waals surface area contributed by atoms with Crippen LogP contribution in [0.2, 0.25) is 0 Å². The first-order chi connectivity index (χ1) is 9.67. The van der Waals surface area contributed by atoms with Crippen LogP contribution in [0.3, 0.4) is 0 Å². The summed E-state index contributed by atoms with van der Waals surface area (Å²) in [5.41, 5.74) is 1.64. The summed E-state index contributed by atoms with van der Waals surface area (Å²) < 4.78 is 6.89. The monoisotopic (exact) mass is 287 g/mol. The van der Waals surface area contributed by atoms with E-state index < -0.39 is 0 Å². The van der Waals surface area contributed by atoms with E-state index in [0.717, 1.165) is 22.0 Å². The van der Waals surface area contributed by atoms with Gasteiger partial charge in [-0.15, -0.1) is 0 Å². The molecule has 3 rings (SSSR count). The lowest BCUT2D eigenvalue weighted by Gasteiger charge is -2.05. The van der Waals surface area contributed by atoms with E-state index in [-0.39, 0.29) is 5.56 Å². The van der Waals surface area contributed by atoms with Gasteiger partial charge >= 0.3 is 0 Å². The molecule has 20 heavy (non-hydrogen) atoms. The fraction of sp³-hybridized carbons (Fsp3) is 0.214. The fourth-order valence-electron chi connectivity index (χ4n) is 2.06.